The van der Waals surface area contributed by atoms with Crippen LogP contribution in [0.25, 0.3) is 0 Å². The van der Waals surface area contributed by atoms with Gasteiger partial charge in [0.15, 0.2) is 0 Å². The van der Waals surface area contributed by atoms with Crippen molar-refractivity contribution in [1.82, 2.24) is 20.0 Å². The average molecular weight is 331 g/mol. The van der Waals surface area contributed by atoms with Crippen LogP contribution >= 0.6 is 0 Å². The maximum atomic E-state index is 12.7. The zero-order valence-electron chi connectivity index (χ0n) is 14.3. The van der Waals surface area contributed by atoms with E-state index < -0.39 is 0 Å². The molecule has 1 aromatic heterocycles. The Balaban J connectivity index is 1.50. The predicted octanol–water partition coefficient (Wildman–Crippen LogP) is 1.14. The number of nitrogens with zero attached hydrogens (tertiary/aromatic N) is 4. The quantitative estimate of drug-likeness (QED) is 0.895. The number of carbonyl (C=O) groups is 2. The second-order valence-corrected chi connectivity index (χ2v) is 6.89. The largest absolute Gasteiger partial charge is 0.366 e. The minimum absolute atomic E-state index is 0.0996. The molecule has 0 aliphatic carbocycles. The molecule has 0 spiro atoms. The van der Waals surface area contributed by atoms with Crippen LogP contribution in [0.5, 0.6) is 0 Å². The van der Waals surface area contributed by atoms with Gasteiger partial charge in [-0.1, -0.05) is 0 Å². The first-order valence-electron chi connectivity index (χ1n) is 8.67. The number of hydrogen-bond acceptors (Lipinski definition) is 5. The highest BCUT2D eigenvalue weighted by Crippen LogP contribution is 2.24. The van der Waals surface area contributed by atoms with Crippen LogP contribution in [0.3, 0.4) is 0 Å². The number of piperidine rings is 1. The third kappa shape index (κ3) is 3.66. The fraction of sp³-hybridized carbons (Fsp3) is 0.647. The molecule has 24 heavy (non-hydrogen) atoms. The normalized spacial score (nSPS) is 22.3. The number of rotatable bonds is 4. The molecule has 2 aliphatic rings. The first-order chi connectivity index (χ1) is 11.5. The summed E-state index contributed by atoms with van der Waals surface area (Å²) < 4.78 is 0. The number of carbonyl (C=O) groups excluding carboxylic acids is 2. The van der Waals surface area contributed by atoms with Crippen molar-refractivity contribution in [3.8, 4) is 0 Å². The summed E-state index contributed by atoms with van der Waals surface area (Å²) in [7, 11) is 0. The van der Waals surface area contributed by atoms with Crippen molar-refractivity contribution in [1.29, 1.82) is 0 Å². The minimum atomic E-state index is -0.176. The lowest BCUT2D eigenvalue weighted by molar-refractivity contribution is -0.136. The molecule has 130 valence electrons. The summed E-state index contributed by atoms with van der Waals surface area (Å²) in [5.74, 6) is 0.827. The second-order valence-electron chi connectivity index (χ2n) is 6.89. The van der Waals surface area contributed by atoms with Gasteiger partial charge in [0.25, 0.3) is 0 Å². The topological polar surface area (TPSA) is 78.4 Å². The zero-order chi connectivity index (χ0) is 17.1. The van der Waals surface area contributed by atoms with Gasteiger partial charge in [0.2, 0.25) is 11.8 Å². The van der Waals surface area contributed by atoms with E-state index in [1.54, 1.807) is 6.20 Å². The summed E-state index contributed by atoms with van der Waals surface area (Å²) in [6.07, 6.45) is 3.78. The maximum absolute atomic E-state index is 12.7. The van der Waals surface area contributed by atoms with E-state index in [9.17, 15) is 9.59 Å². The van der Waals surface area contributed by atoms with E-state index in [0.29, 0.717) is 19.0 Å². The molecular formula is C17H25N5O2. The molecule has 2 aliphatic heterocycles. The third-order valence-corrected chi connectivity index (χ3v) is 4.86. The highest BCUT2D eigenvalue weighted by molar-refractivity contribution is 5.89. The Hall–Kier alpha value is -2.18. The van der Waals surface area contributed by atoms with Crippen molar-refractivity contribution in [2.24, 2.45) is 5.92 Å². The van der Waals surface area contributed by atoms with Gasteiger partial charge in [0.05, 0.1) is 5.92 Å². The van der Waals surface area contributed by atoms with E-state index >= 15 is 0 Å². The summed E-state index contributed by atoms with van der Waals surface area (Å²) in [6.45, 7) is 6.00. The van der Waals surface area contributed by atoms with Gasteiger partial charge in [-0.3, -0.25) is 9.59 Å². The standard InChI is InChI=1S/C17H25N5O2/c1-12(2)22-11-13(10-16(22)23)17(24)21-8-5-14(6-9-21)19-15-4-3-7-18-20-15/h3-4,7,12-14H,5-6,8-11H2,1-2H3,(H,19,20)/t13-/m0/s1. The molecule has 2 fully saturated rings. The van der Waals surface area contributed by atoms with Crippen molar-refractivity contribution < 1.29 is 9.59 Å². The molecule has 1 atom stereocenters. The van der Waals surface area contributed by atoms with E-state index in [0.717, 1.165) is 31.7 Å². The van der Waals surface area contributed by atoms with Gasteiger partial charge in [-0.05, 0) is 38.8 Å². The highest BCUT2D eigenvalue weighted by atomic mass is 16.2. The van der Waals surface area contributed by atoms with Gasteiger partial charge in [-0.25, -0.2) is 0 Å². The van der Waals surface area contributed by atoms with Gasteiger partial charge in [-0.15, -0.1) is 5.10 Å². The Bertz CT molecular complexity index is 584. The minimum Gasteiger partial charge on any atom is -0.366 e. The molecule has 7 nitrogen and oxygen atoms in total. The summed E-state index contributed by atoms with van der Waals surface area (Å²) in [4.78, 5) is 28.4. The molecule has 0 aromatic carbocycles. The molecule has 7 heteroatoms. The van der Waals surface area contributed by atoms with Crippen LogP contribution in [0, 0.1) is 5.92 Å². The van der Waals surface area contributed by atoms with Gasteiger partial charge >= 0.3 is 0 Å². The number of anilines is 1. The van der Waals surface area contributed by atoms with Crippen molar-refractivity contribution in [3.63, 3.8) is 0 Å². The van der Waals surface area contributed by atoms with E-state index in [1.165, 1.54) is 0 Å². The van der Waals surface area contributed by atoms with Crippen molar-refractivity contribution >= 4 is 17.6 Å². The van der Waals surface area contributed by atoms with E-state index in [1.807, 2.05) is 35.8 Å². The van der Waals surface area contributed by atoms with Crippen LogP contribution in [0.15, 0.2) is 18.3 Å². The number of aromatic nitrogens is 2. The Morgan fingerprint density at radius 2 is 2.08 bits per heavy atom. The predicted molar refractivity (Wildman–Crippen MR) is 90.2 cm³/mol. The summed E-state index contributed by atoms with van der Waals surface area (Å²) >= 11 is 0. The molecule has 2 amide bonds. The Labute approximate surface area is 142 Å². The molecular weight excluding hydrogens is 306 g/mol. The van der Waals surface area contributed by atoms with Crippen LogP contribution in [0.1, 0.15) is 33.1 Å². The fourth-order valence-electron chi connectivity index (χ4n) is 3.49. The van der Waals surface area contributed by atoms with E-state index in [2.05, 4.69) is 15.5 Å². The summed E-state index contributed by atoms with van der Waals surface area (Å²) in [5.41, 5.74) is 0. The molecule has 2 saturated heterocycles. The van der Waals surface area contributed by atoms with Gasteiger partial charge in [0.1, 0.15) is 5.82 Å². The molecule has 3 rings (SSSR count). The van der Waals surface area contributed by atoms with Crippen LogP contribution in [-0.2, 0) is 9.59 Å². The average Bonchev–Trinajstić information content (AvgIpc) is 2.98. The number of hydrogen-bond donors (Lipinski definition) is 1. The monoisotopic (exact) mass is 331 g/mol. The summed E-state index contributed by atoms with van der Waals surface area (Å²) in [6, 6.07) is 4.22. The van der Waals surface area contributed by atoms with Crippen molar-refractivity contribution in [2.75, 3.05) is 25.0 Å². The second kappa shape index (κ2) is 7.15. The lowest BCUT2D eigenvalue weighted by Gasteiger charge is -2.34. The molecule has 0 unspecified atom stereocenters. The van der Waals surface area contributed by atoms with E-state index in [4.69, 9.17) is 0 Å². The first-order valence-corrected chi connectivity index (χ1v) is 8.67. The van der Waals surface area contributed by atoms with Crippen LogP contribution < -0.4 is 5.32 Å². The van der Waals surface area contributed by atoms with Crippen LogP contribution in [0.4, 0.5) is 5.82 Å². The Morgan fingerprint density at radius 3 is 2.67 bits per heavy atom. The molecule has 3 heterocycles. The van der Waals surface area contributed by atoms with E-state index in [-0.39, 0.29) is 23.8 Å². The lowest BCUT2D eigenvalue weighted by Crippen LogP contribution is -2.45. The zero-order valence-corrected chi connectivity index (χ0v) is 14.3. The maximum Gasteiger partial charge on any atom is 0.227 e. The van der Waals surface area contributed by atoms with Gasteiger partial charge in [-0.2, -0.15) is 5.10 Å². The van der Waals surface area contributed by atoms with Crippen molar-refractivity contribution in [2.45, 2.75) is 45.2 Å². The fourth-order valence-corrected chi connectivity index (χ4v) is 3.49. The summed E-state index contributed by atoms with van der Waals surface area (Å²) in [5, 5.41) is 11.3. The molecule has 0 saturated carbocycles. The van der Waals surface area contributed by atoms with Crippen LogP contribution in [-0.4, -0.2) is 63.5 Å². The van der Waals surface area contributed by atoms with Gasteiger partial charge < -0.3 is 15.1 Å². The van der Waals surface area contributed by atoms with Gasteiger partial charge in [0, 0.05) is 44.3 Å². The van der Waals surface area contributed by atoms with Crippen LogP contribution in [0.2, 0.25) is 0 Å². The molecule has 0 bridgehead atoms. The first kappa shape index (κ1) is 16.7. The number of nitrogens with one attached hydrogen (secondary N) is 1. The highest BCUT2D eigenvalue weighted by Gasteiger charge is 2.38. The van der Waals surface area contributed by atoms with Crippen molar-refractivity contribution in [3.05, 3.63) is 18.3 Å². The molecule has 1 N–H and O–H groups in total. The Kier molecular flexibility index (Phi) is 4.97. The lowest BCUT2D eigenvalue weighted by atomic mass is 10.0. The SMILES string of the molecule is CC(C)N1C[C@@H](C(=O)N2CCC(Nc3cccnn3)CC2)CC1=O. The number of amides is 2. The smallest absolute Gasteiger partial charge is 0.227 e. The number of likely N-dealkylation sites (tertiary alicyclic amines) is 2. The molecule has 1 aromatic rings. The third-order valence-electron chi connectivity index (χ3n) is 4.86. The molecule has 0 radical (unpaired) electrons. The Morgan fingerprint density at radius 1 is 1.33 bits per heavy atom.